The topological polar surface area (TPSA) is 78.8 Å². The van der Waals surface area contributed by atoms with Gasteiger partial charge in [0.1, 0.15) is 11.6 Å². The number of carbonyl (C=O) groups is 1. The monoisotopic (exact) mass is 263 g/mol. The quantitative estimate of drug-likeness (QED) is 0.815. The molecule has 6 heteroatoms. The van der Waals surface area contributed by atoms with Gasteiger partial charge in [-0.05, 0) is 25.1 Å². The highest BCUT2D eigenvalue weighted by molar-refractivity contribution is 5.95. The molecule has 2 heterocycles. The smallest absolute Gasteiger partial charge is 0.358 e. The van der Waals surface area contributed by atoms with E-state index in [2.05, 4.69) is 4.98 Å². The third-order valence-electron chi connectivity index (χ3n) is 2.90. The standard InChI is InChI=1S/C13H17N3O3/c1-18-9-5-6-10-12(13(17)19-2)15-11(4-3-7-14)16(10)8-9/h5-6,8H,3-4,7,14H2,1-2H3. The summed E-state index contributed by atoms with van der Waals surface area (Å²) in [5.74, 6) is 1.04. The van der Waals surface area contributed by atoms with Gasteiger partial charge in [-0.25, -0.2) is 9.78 Å². The van der Waals surface area contributed by atoms with Crippen LogP contribution in [0.2, 0.25) is 0 Å². The molecule has 0 aliphatic rings. The average Bonchev–Trinajstić information content (AvgIpc) is 2.82. The van der Waals surface area contributed by atoms with Gasteiger partial charge in [0.25, 0.3) is 0 Å². The summed E-state index contributed by atoms with van der Waals surface area (Å²) in [5, 5.41) is 0. The van der Waals surface area contributed by atoms with E-state index in [0.29, 0.717) is 29.9 Å². The van der Waals surface area contributed by atoms with E-state index in [4.69, 9.17) is 15.2 Å². The molecule has 0 saturated carbocycles. The Kier molecular flexibility index (Phi) is 4.01. The number of fused-ring (bicyclic) bond motifs is 1. The van der Waals surface area contributed by atoms with Crippen LogP contribution in [0.1, 0.15) is 22.7 Å². The van der Waals surface area contributed by atoms with Crippen molar-refractivity contribution in [1.82, 2.24) is 9.38 Å². The van der Waals surface area contributed by atoms with Crippen molar-refractivity contribution in [2.24, 2.45) is 5.73 Å². The zero-order valence-corrected chi connectivity index (χ0v) is 11.0. The highest BCUT2D eigenvalue weighted by atomic mass is 16.5. The average molecular weight is 263 g/mol. The molecule has 0 aromatic carbocycles. The number of ether oxygens (including phenoxy) is 2. The number of rotatable bonds is 5. The van der Waals surface area contributed by atoms with E-state index in [-0.39, 0.29) is 0 Å². The number of aryl methyl sites for hydroxylation is 1. The molecule has 2 aromatic heterocycles. The Morgan fingerprint density at radius 3 is 2.84 bits per heavy atom. The molecule has 0 aliphatic carbocycles. The molecule has 0 spiro atoms. The molecule has 0 bridgehead atoms. The molecule has 6 nitrogen and oxygen atoms in total. The van der Waals surface area contributed by atoms with E-state index in [1.807, 2.05) is 4.40 Å². The molecule has 0 atom stereocenters. The van der Waals surface area contributed by atoms with Gasteiger partial charge in [-0.2, -0.15) is 0 Å². The lowest BCUT2D eigenvalue weighted by Crippen LogP contribution is -2.04. The SMILES string of the molecule is COC(=O)c1nc(CCCN)n2cc(OC)ccc12. The molecule has 0 radical (unpaired) electrons. The van der Waals surface area contributed by atoms with Gasteiger partial charge in [0.15, 0.2) is 5.69 Å². The molecule has 102 valence electrons. The first-order chi connectivity index (χ1) is 9.21. The van der Waals surface area contributed by atoms with Crippen LogP contribution in [0.25, 0.3) is 5.52 Å². The van der Waals surface area contributed by atoms with E-state index in [9.17, 15) is 4.79 Å². The van der Waals surface area contributed by atoms with Crippen LogP contribution in [0.15, 0.2) is 18.3 Å². The Bertz CT molecular complexity index is 592. The number of hydrogen-bond acceptors (Lipinski definition) is 5. The molecule has 0 aliphatic heterocycles. The summed E-state index contributed by atoms with van der Waals surface area (Å²) < 4.78 is 11.8. The summed E-state index contributed by atoms with van der Waals surface area (Å²) in [6.07, 6.45) is 3.30. The Labute approximate surface area is 111 Å². The molecule has 0 fully saturated rings. The van der Waals surface area contributed by atoms with Crippen LogP contribution in [0.4, 0.5) is 0 Å². The van der Waals surface area contributed by atoms with Crippen molar-refractivity contribution in [2.75, 3.05) is 20.8 Å². The molecule has 0 unspecified atom stereocenters. The van der Waals surface area contributed by atoms with E-state index in [1.165, 1.54) is 7.11 Å². The minimum Gasteiger partial charge on any atom is -0.495 e. The van der Waals surface area contributed by atoms with E-state index >= 15 is 0 Å². The second kappa shape index (κ2) is 5.71. The first-order valence-electron chi connectivity index (χ1n) is 6.04. The fourth-order valence-electron chi connectivity index (χ4n) is 1.93. The second-order valence-electron chi connectivity index (χ2n) is 4.08. The summed E-state index contributed by atoms with van der Waals surface area (Å²) in [5.41, 5.74) is 6.54. The summed E-state index contributed by atoms with van der Waals surface area (Å²) in [4.78, 5) is 16.1. The minimum absolute atomic E-state index is 0.317. The molecule has 19 heavy (non-hydrogen) atoms. The predicted molar refractivity (Wildman–Crippen MR) is 70.5 cm³/mol. The Hall–Kier alpha value is -2.08. The number of carbonyl (C=O) groups excluding carboxylic acids is 1. The second-order valence-corrected chi connectivity index (χ2v) is 4.08. The number of pyridine rings is 1. The maximum atomic E-state index is 11.7. The first-order valence-corrected chi connectivity index (χ1v) is 6.04. The first kappa shape index (κ1) is 13.4. The van der Waals surface area contributed by atoms with Crippen molar-refractivity contribution in [3.8, 4) is 5.75 Å². The van der Waals surface area contributed by atoms with Crippen LogP contribution in [0.5, 0.6) is 5.75 Å². The number of imidazole rings is 1. The Morgan fingerprint density at radius 2 is 2.21 bits per heavy atom. The van der Waals surface area contributed by atoms with E-state index in [1.54, 1.807) is 25.4 Å². The summed E-state index contributed by atoms with van der Waals surface area (Å²) in [6.45, 7) is 0.576. The molecule has 0 saturated heterocycles. The van der Waals surface area contributed by atoms with Crippen molar-refractivity contribution < 1.29 is 14.3 Å². The zero-order valence-electron chi connectivity index (χ0n) is 11.0. The van der Waals surface area contributed by atoms with Gasteiger partial charge in [-0.3, -0.25) is 4.40 Å². The number of nitrogens with zero attached hydrogens (tertiary/aromatic N) is 2. The van der Waals surface area contributed by atoms with Gasteiger partial charge in [0.2, 0.25) is 0 Å². The number of aromatic nitrogens is 2. The third kappa shape index (κ3) is 2.53. The number of nitrogens with two attached hydrogens (primary N) is 1. The highest BCUT2D eigenvalue weighted by Crippen LogP contribution is 2.20. The number of hydrogen-bond donors (Lipinski definition) is 1. The van der Waals surface area contributed by atoms with Gasteiger partial charge < -0.3 is 15.2 Å². The van der Waals surface area contributed by atoms with Crippen molar-refractivity contribution in [1.29, 1.82) is 0 Å². The maximum Gasteiger partial charge on any atom is 0.358 e. The van der Waals surface area contributed by atoms with Crippen LogP contribution in [0, 0.1) is 0 Å². The number of esters is 1. The normalized spacial score (nSPS) is 10.7. The van der Waals surface area contributed by atoms with Crippen LogP contribution >= 0.6 is 0 Å². The van der Waals surface area contributed by atoms with E-state index in [0.717, 1.165) is 12.2 Å². The van der Waals surface area contributed by atoms with Crippen LogP contribution in [-0.4, -0.2) is 36.1 Å². The van der Waals surface area contributed by atoms with Gasteiger partial charge in [0.05, 0.1) is 25.9 Å². The molecular formula is C13H17N3O3. The molecular weight excluding hydrogens is 246 g/mol. The molecule has 2 aromatic rings. The fraction of sp³-hybridized carbons (Fsp3) is 0.385. The molecule has 0 amide bonds. The lowest BCUT2D eigenvalue weighted by molar-refractivity contribution is 0.0597. The minimum atomic E-state index is -0.443. The highest BCUT2D eigenvalue weighted by Gasteiger charge is 2.18. The van der Waals surface area contributed by atoms with Gasteiger partial charge in [-0.1, -0.05) is 0 Å². The predicted octanol–water partition coefficient (Wildman–Crippen LogP) is 1.02. The lowest BCUT2D eigenvalue weighted by atomic mass is 10.3. The Morgan fingerprint density at radius 1 is 1.42 bits per heavy atom. The van der Waals surface area contributed by atoms with Crippen molar-refractivity contribution in [3.05, 3.63) is 29.8 Å². The fourth-order valence-corrected chi connectivity index (χ4v) is 1.93. The molecule has 2 N–H and O–H groups in total. The van der Waals surface area contributed by atoms with E-state index < -0.39 is 5.97 Å². The van der Waals surface area contributed by atoms with Crippen LogP contribution in [0.3, 0.4) is 0 Å². The van der Waals surface area contributed by atoms with Gasteiger partial charge in [0, 0.05) is 6.42 Å². The van der Waals surface area contributed by atoms with Gasteiger partial charge in [-0.15, -0.1) is 0 Å². The third-order valence-corrected chi connectivity index (χ3v) is 2.90. The van der Waals surface area contributed by atoms with Crippen molar-refractivity contribution >= 4 is 11.5 Å². The Balaban J connectivity index is 2.55. The lowest BCUT2D eigenvalue weighted by Gasteiger charge is -2.03. The largest absolute Gasteiger partial charge is 0.495 e. The van der Waals surface area contributed by atoms with Crippen molar-refractivity contribution in [2.45, 2.75) is 12.8 Å². The van der Waals surface area contributed by atoms with Crippen LogP contribution in [-0.2, 0) is 11.2 Å². The summed E-state index contributed by atoms with van der Waals surface area (Å²) >= 11 is 0. The molecule has 2 rings (SSSR count). The zero-order chi connectivity index (χ0) is 13.8. The summed E-state index contributed by atoms with van der Waals surface area (Å²) in [6, 6.07) is 3.58. The summed E-state index contributed by atoms with van der Waals surface area (Å²) in [7, 11) is 2.94. The maximum absolute atomic E-state index is 11.7. The van der Waals surface area contributed by atoms with Gasteiger partial charge >= 0.3 is 5.97 Å². The van der Waals surface area contributed by atoms with Crippen molar-refractivity contribution in [3.63, 3.8) is 0 Å². The van der Waals surface area contributed by atoms with Crippen LogP contribution < -0.4 is 10.5 Å². The number of methoxy groups -OCH3 is 2.